The highest BCUT2D eigenvalue weighted by atomic mass is 32.2. The molecule has 35 heavy (non-hydrogen) atoms. The van der Waals surface area contributed by atoms with Crippen LogP contribution in [-0.2, 0) is 26.2 Å². The average molecular weight is 508 g/mol. The van der Waals surface area contributed by atoms with Crippen LogP contribution in [0.25, 0.3) is 0 Å². The molecule has 192 valence electrons. The zero-order valence-electron chi connectivity index (χ0n) is 20.7. The molecule has 0 saturated heterocycles. The third-order valence-electron chi connectivity index (χ3n) is 5.40. The van der Waals surface area contributed by atoms with E-state index in [1.165, 1.54) is 15.3 Å². The first-order valence-electron chi connectivity index (χ1n) is 11.6. The minimum atomic E-state index is -3.60. The van der Waals surface area contributed by atoms with Gasteiger partial charge in [-0.1, -0.05) is 18.2 Å². The van der Waals surface area contributed by atoms with Crippen molar-refractivity contribution in [2.45, 2.75) is 46.2 Å². The molecule has 2 aromatic rings. The Balaban J connectivity index is 2.15. The van der Waals surface area contributed by atoms with Gasteiger partial charge < -0.3 is 15.0 Å². The van der Waals surface area contributed by atoms with Crippen LogP contribution in [-0.4, -0.2) is 57.1 Å². The van der Waals surface area contributed by atoms with Crippen molar-refractivity contribution in [2.75, 3.05) is 30.3 Å². The summed E-state index contributed by atoms with van der Waals surface area (Å²) in [5.74, 6) is -0.549. The summed E-state index contributed by atoms with van der Waals surface area (Å²) in [4.78, 5) is 26.9. The van der Waals surface area contributed by atoms with Gasteiger partial charge in [-0.25, -0.2) is 12.8 Å². The number of anilines is 1. The molecule has 2 rings (SSSR count). The van der Waals surface area contributed by atoms with E-state index in [4.69, 9.17) is 4.74 Å². The minimum Gasteiger partial charge on any atom is -0.494 e. The molecule has 1 unspecified atom stereocenters. The average Bonchev–Trinajstić information content (AvgIpc) is 2.81. The van der Waals surface area contributed by atoms with Gasteiger partial charge in [0.1, 0.15) is 17.6 Å². The van der Waals surface area contributed by atoms with Gasteiger partial charge >= 0.3 is 0 Å². The topological polar surface area (TPSA) is 96.0 Å². The maximum atomic E-state index is 14.3. The zero-order valence-corrected chi connectivity index (χ0v) is 21.5. The number of nitrogens with one attached hydrogen (secondary N) is 1. The van der Waals surface area contributed by atoms with Crippen molar-refractivity contribution < 1.29 is 27.1 Å². The Bertz CT molecular complexity index is 1090. The lowest BCUT2D eigenvalue weighted by Gasteiger charge is -2.29. The van der Waals surface area contributed by atoms with E-state index >= 15 is 0 Å². The molecule has 2 amide bonds. The molecule has 1 N–H and O–H groups in total. The number of rotatable bonds is 13. The summed E-state index contributed by atoms with van der Waals surface area (Å²) in [7, 11) is -3.60. The number of amides is 2. The van der Waals surface area contributed by atoms with Crippen molar-refractivity contribution in [3.8, 4) is 5.75 Å². The van der Waals surface area contributed by atoms with E-state index in [1.807, 2.05) is 6.92 Å². The normalized spacial score (nSPS) is 12.0. The molecule has 0 saturated carbocycles. The van der Waals surface area contributed by atoms with Crippen LogP contribution in [0.5, 0.6) is 5.75 Å². The third-order valence-corrected chi connectivity index (χ3v) is 6.60. The van der Waals surface area contributed by atoms with Crippen LogP contribution in [0, 0.1) is 5.82 Å². The van der Waals surface area contributed by atoms with Crippen LogP contribution in [0.4, 0.5) is 10.1 Å². The number of ether oxygens (including phenoxy) is 1. The molecule has 0 heterocycles. The van der Waals surface area contributed by atoms with E-state index < -0.39 is 21.9 Å². The van der Waals surface area contributed by atoms with Crippen molar-refractivity contribution in [2.24, 2.45) is 0 Å². The minimum absolute atomic E-state index is 0.0127. The Labute approximate surface area is 207 Å². The van der Waals surface area contributed by atoms with Crippen molar-refractivity contribution in [3.05, 3.63) is 59.9 Å². The van der Waals surface area contributed by atoms with Gasteiger partial charge in [0.05, 0.1) is 18.6 Å². The second kappa shape index (κ2) is 13.1. The summed E-state index contributed by atoms with van der Waals surface area (Å²) < 4.78 is 45.7. The molecule has 0 radical (unpaired) electrons. The first kappa shape index (κ1) is 28.1. The van der Waals surface area contributed by atoms with Crippen LogP contribution in [0.3, 0.4) is 0 Å². The van der Waals surface area contributed by atoms with Gasteiger partial charge in [-0.3, -0.25) is 13.9 Å². The Morgan fingerprint density at radius 1 is 1.09 bits per heavy atom. The summed E-state index contributed by atoms with van der Waals surface area (Å²) >= 11 is 0. The second-order valence-electron chi connectivity index (χ2n) is 8.05. The highest BCUT2D eigenvalue weighted by Crippen LogP contribution is 2.23. The number of halogens is 1. The lowest BCUT2D eigenvalue weighted by Crippen LogP contribution is -2.47. The molecular formula is C25H34FN3O5S. The summed E-state index contributed by atoms with van der Waals surface area (Å²) in [6, 6.07) is 11.9. The number of carbonyl (C=O) groups is 2. The number of hydrogen-bond donors (Lipinski definition) is 1. The van der Waals surface area contributed by atoms with E-state index in [9.17, 15) is 22.4 Å². The first-order valence-corrected chi connectivity index (χ1v) is 13.4. The summed E-state index contributed by atoms with van der Waals surface area (Å²) in [5, 5.41) is 2.69. The summed E-state index contributed by atoms with van der Waals surface area (Å²) in [6.07, 6.45) is 1.31. The van der Waals surface area contributed by atoms with Crippen molar-refractivity contribution in [3.63, 3.8) is 0 Å². The highest BCUT2D eigenvalue weighted by molar-refractivity contribution is 7.92. The SMILES string of the molecule is CCNC(=O)C(C)N(Cc1ccccc1F)C(=O)CCCN(c1ccc(OCC)cc1)S(C)(=O)=O. The van der Waals surface area contributed by atoms with E-state index in [0.717, 1.165) is 6.26 Å². The van der Waals surface area contributed by atoms with Gasteiger partial charge in [0.2, 0.25) is 21.8 Å². The molecular weight excluding hydrogens is 473 g/mol. The van der Waals surface area contributed by atoms with Crippen LogP contribution >= 0.6 is 0 Å². The number of sulfonamides is 1. The van der Waals surface area contributed by atoms with Crippen LogP contribution in [0.2, 0.25) is 0 Å². The molecule has 0 aliphatic carbocycles. The Hall–Kier alpha value is -3.14. The molecule has 8 nitrogen and oxygen atoms in total. The fourth-order valence-corrected chi connectivity index (χ4v) is 4.56. The van der Waals surface area contributed by atoms with Gasteiger partial charge in [0, 0.05) is 31.6 Å². The first-order chi connectivity index (χ1) is 16.6. The molecule has 0 spiro atoms. The lowest BCUT2D eigenvalue weighted by atomic mass is 10.1. The van der Waals surface area contributed by atoms with Crippen molar-refractivity contribution in [1.29, 1.82) is 0 Å². The fourth-order valence-electron chi connectivity index (χ4n) is 3.59. The molecule has 0 bridgehead atoms. The fraction of sp³-hybridized carbons (Fsp3) is 0.440. The number of likely N-dealkylation sites (N-methyl/N-ethyl adjacent to an activating group) is 1. The van der Waals surface area contributed by atoms with E-state index in [0.29, 0.717) is 30.2 Å². The largest absolute Gasteiger partial charge is 0.494 e. The Morgan fingerprint density at radius 3 is 2.31 bits per heavy atom. The van der Waals surface area contributed by atoms with Crippen molar-refractivity contribution >= 4 is 27.5 Å². The zero-order chi connectivity index (χ0) is 26.0. The molecule has 0 aromatic heterocycles. The Kier molecular flexibility index (Phi) is 10.5. The summed E-state index contributed by atoms with van der Waals surface area (Å²) in [6.45, 7) is 6.11. The number of benzene rings is 2. The van der Waals surface area contributed by atoms with Gasteiger partial charge in [-0.15, -0.1) is 0 Å². The molecule has 0 aliphatic rings. The van der Waals surface area contributed by atoms with E-state index in [-0.39, 0.29) is 37.7 Å². The van der Waals surface area contributed by atoms with Gasteiger partial charge in [-0.2, -0.15) is 0 Å². The maximum Gasteiger partial charge on any atom is 0.242 e. The molecule has 2 aromatic carbocycles. The second-order valence-corrected chi connectivity index (χ2v) is 9.96. The van der Waals surface area contributed by atoms with Crippen molar-refractivity contribution in [1.82, 2.24) is 10.2 Å². The molecule has 0 fully saturated rings. The van der Waals surface area contributed by atoms with E-state index in [1.54, 1.807) is 56.3 Å². The van der Waals surface area contributed by atoms with Gasteiger partial charge in [0.15, 0.2) is 0 Å². The van der Waals surface area contributed by atoms with Crippen LogP contribution in [0.1, 0.15) is 39.2 Å². The molecule has 10 heteroatoms. The quantitative estimate of drug-likeness (QED) is 0.449. The maximum absolute atomic E-state index is 14.3. The van der Waals surface area contributed by atoms with Crippen LogP contribution < -0.4 is 14.4 Å². The van der Waals surface area contributed by atoms with Gasteiger partial charge in [0.25, 0.3) is 0 Å². The predicted octanol–water partition coefficient (Wildman–Crippen LogP) is 3.32. The predicted molar refractivity (Wildman–Crippen MR) is 134 cm³/mol. The van der Waals surface area contributed by atoms with Crippen LogP contribution in [0.15, 0.2) is 48.5 Å². The number of hydrogen-bond acceptors (Lipinski definition) is 5. The smallest absolute Gasteiger partial charge is 0.242 e. The standard InChI is InChI=1S/C25H34FN3O5S/c1-5-27-25(31)19(3)28(18-20-10-7-8-11-23(20)26)24(30)12-9-17-29(35(4,32)33)21-13-15-22(16-14-21)34-6-2/h7-8,10-11,13-16,19H,5-6,9,12,17-18H2,1-4H3,(H,27,31). The van der Waals surface area contributed by atoms with E-state index in [2.05, 4.69) is 5.32 Å². The molecule has 1 atom stereocenters. The van der Waals surface area contributed by atoms with Gasteiger partial charge in [-0.05, 0) is 57.5 Å². The Morgan fingerprint density at radius 2 is 1.74 bits per heavy atom. The highest BCUT2D eigenvalue weighted by Gasteiger charge is 2.27. The number of carbonyl (C=O) groups excluding carboxylic acids is 2. The number of nitrogens with zero attached hydrogens (tertiary/aromatic N) is 2. The third kappa shape index (κ3) is 8.24. The summed E-state index contributed by atoms with van der Waals surface area (Å²) in [5.41, 5.74) is 0.756. The molecule has 0 aliphatic heterocycles. The lowest BCUT2D eigenvalue weighted by molar-refractivity contribution is -0.140. The monoisotopic (exact) mass is 507 g/mol.